The maximum atomic E-state index is 13.9. The molecule has 0 heterocycles. The van der Waals surface area contributed by atoms with Crippen LogP contribution in [-0.2, 0) is 6.18 Å². The second-order valence-electron chi connectivity index (χ2n) is 4.69. The van der Waals surface area contributed by atoms with E-state index in [1.807, 2.05) is 0 Å². The monoisotopic (exact) mass is 382 g/mol. The van der Waals surface area contributed by atoms with Crippen LogP contribution in [0.1, 0.15) is 5.56 Å². The number of benzene rings is 2. The van der Waals surface area contributed by atoms with E-state index < -0.39 is 40.7 Å². The number of rotatable bonds is 4. The lowest BCUT2D eigenvalue weighted by Crippen LogP contribution is -2.12. The quantitative estimate of drug-likeness (QED) is 0.344. The number of amidine groups is 1. The van der Waals surface area contributed by atoms with Crippen LogP contribution in [0.3, 0.4) is 0 Å². The van der Waals surface area contributed by atoms with Crippen molar-refractivity contribution in [1.82, 2.24) is 0 Å². The Morgan fingerprint density at radius 2 is 1.64 bits per heavy atom. The maximum absolute atomic E-state index is 13.9. The molecule has 2 aromatic carbocycles. The first-order valence-corrected chi connectivity index (χ1v) is 7.08. The van der Waals surface area contributed by atoms with Gasteiger partial charge >= 0.3 is 6.18 Å². The molecule has 0 radical (unpaired) electrons. The van der Waals surface area contributed by atoms with Crippen LogP contribution in [0.2, 0.25) is 0 Å². The Bertz CT molecular complexity index is 799. The van der Waals surface area contributed by atoms with Gasteiger partial charge in [0.2, 0.25) is 0 Å². The molecule has 2 N–H and O–H groups in total. The summed E-state index contributed by atoms with van der Waals surface area (Å²) in [5, 5.41) is 0. The van der Waals surface area contributed by atoms with Gasteiger partial charge in [0.25, 0.3) is 0 Å². The van der Waals surface area contributed by atoms with Crippen LogP contribution in [0.25, 0.3) is 0 Å². The zero-order valence-electron chi connectivity index (χ0n) is 12.2. The normalized spacial score (nSPS) is 12.4. The highest BCUT2D eigenvalue weighted by Gasteiger charge is 2.33. The van der Waals surface area contributed by atoms with Gasteiger partial charge in [0.1, 0.15) is 11.5 Å². The first-order valence-electron chi connectivity index (χ1n) is 6.55. The third-order valence-electron chi connectivity index (χ3n) is 2.88. The highest BCUT2D eigenvalue weighted by atomic mass is 35.5. The van der Waals surface area contributed by atoms with E-state index in [9.17, 15) is 26.3 Å². The van der Waals surface area contributed by atoms with Crippen molar-refractivity contribution in [3.63, 3.8) is 0 Å². The molecule has 0 aliphatic carbocycles. The summed E-state index contributed by atoms with van der Waals surface area (Å²) in [6.45, 7) is 0. The van der Waals surface area contributed by atoms with Gasteiger partial charge in [0, 0.05) is 0 Å². The van der Waals surface area contributed by atoms with E-state index in [0.29, 0.717) is 0 Å². The number of hydrogen-bond acceptors (Lipinski definition) is 2. The van der Waals surface area contributed by atoms with Gasteiger partial charge in [-0.2, -0.15) is 13.2 Å². The van der Waals surface area contributed by atoms with Crippen molar-refractivity contribution in [1.29, 1.82) is 0 Å². The molecule has 0 unspecified atom stereocenters. The summed E-state index contributed by atoms with van der Waals surface area (Å²) in [5.74, 6) is -6.63. The fourth-order valence-electron chi connectivity index (χ4n) is 1.79. The summed E-state index contributed by atoms with van der Waals surface area (Å²) in [5.41, 5.74) is 3.62. The molecule has 0 bridgehead atoms. The smallest absolute Gasteiger partial charge is 0.416 e. The molecule has 0 spiro atoms. The second-order valence-corrected chi connectivity index (χ2v) is 4.96. The van der Waals surface area contributed by atoms with Crippen molar-refractivity contribution >= 4 is 23.1 Å². The van der Waals surface area contributed by atoms with E-state index in [1.165, 1.54) is 12.1 Å². The molecule has 2 rings (SSSR count). The average Bonchev–Trinajstić information content (AvgIpc) is 2.51. The third-order valence-corrected chi connectivity index (χ3v) is 3.15. The SMILES string of the molecule is NC(CCl)=Nc1cccc(F)c1Oc1c(F)cc(C(F)(F)F)cc1F. The first kappa shape index (κ1) is 18.9. The predicted octanol–water partition coefficient (Wildman–Crippen LogP) is 5.14. The van der Waals surface area contributed by atoms with Crippen LogP contribution in [0.4, 0.5) is 32.0 Å². The van der Waals surface area contributed by atoms with E-state index in [0.717, 1.165) is 6.07 Å². The van der Waals surface area contributed by atoms with E-state index >= 15 is 0 Å². The van der Waals surface area contributed by atoms with Crippen molar-refractivity contribution in [2.24, 2.45) is 10.7 Å². The summed E-state index contributed by atoms with van der Waals surface area (Å²) < 4.78 is 84.1. The molecule has 10 heteroatoms. The Kier molecular flexibility index (Phi) is 5.46. The molecule has 0 saturated heterocycles. The van der Waals surface area contributed by atoms with Gasteiger partial charge in [-0.15, -0.1) is 11.6 Å². The number of halogens is 7. The van der Waals surface area contributed by atoms with Crippen LogP contribution in [0.15, 0.2) is 35.3 Å². The van der Waals surface area contributed by atoms with Gasteiger partial charge < -0.3 is 10.5 Å². The Morgan fingerprint density at radius 1 is 1.04 bits per heavy atom. The fraction of sp³-hybridized carbons (Fsp3) is 0.133. The molecule has 134 valence electrons. The standard InChI is InChI=1S/C15H9ClF6N2O/c16-6-12(23)24-11-3-1-2-8(17)14(11)25-13-9(18)4-7(5-10(13)19)15(20,21)22/h1-5H,6H2,(H2,23,24). The number of ether oxygens (including phenoxy) is 1. The third kappa shape index (κ3) is 4.36. The van der Waals surface area contributed by atoms with Crippen LogP contribution >= 0.6 is 11.6 Å². The van der Waals surface area contributed by atoms with Crippen molar-refractivity contribution in [3.8, 4) is 11.5 Å². The van der Waals surface area contributed by atoms with E-state index in [2.05, 4.69) is 4.99 Å². The minimum Gasteiger partial charge on any atom is -0.446 e. The largest absolute Gasteiger partial charge is 0.446 e. The lowest BCUT2D eigenvalue weighted by atomic mass is 10.2. The topological polar surface area (TPSA) is 47.6 Å². The van der Waals surface area contributed by atoms with Gasteiger partial charge in [0.15, 0.2) is 29.0 Å². The van der Waals surface area contributed by atoms with Crippen LogP contribution in [0.5, 0.6) is 11.5 Å². The molecular formula is C15H9ClF6N2O. The van der Waals surface area contributed by atoms with Gasteiger partial charge in [0.05, 0.1) is 11.4 Å². The zero-order chi connectivity index (χ0) is 18.8. The summed E-state index contributed by atoms with van der Waals surface area (Å²) in [7, 11) is 0. The minimum absolute atomic E-state index is 0.0370. The molecule has 0 aliphatic heterocycles. The molecule has 0 aromatic heterocycles. The van der Waals surface area contributed by atoms with Crippen molar-refractivity contribution in [2.75, 3.05) is 5.88 Å². The van der Waals surface area contributed by atoms with Crippen LogP contribution in [-0.4, -0.2) is 11.7 Å². The predicted molar refractivity (Wildman–Crippen MR) is 79.8 cm³/mol. The molecule has 25 heavy (non-hydrogen) atoms. The van der Waals surface area contributed by atoms with Crippen molar-refractivity contribution in [2.45, 2.75) is 6.18 Å². The summed E-state index contributed by atoms with van der Waals surface area (Å²) in [4.78, 5) is 3.72. The summed E-state index contributed by atoms with van der Waals surface area (Å²) >= 11 is 5.45. The average molecular weight is 383 g/mol. The highest BCUT2D eigenvalue weighted by Crippen LogP contribution is 2.39. The summed E-state index contributed by atoms with van der Waals surface area (Å²) in [6, 6.07) is 3.43. The lowest BCUT2D eigenvalue weighted by molar-refractivity contribution is -0.138. The molecule has 0 saturated carbocycles. The first-order chi connectivity index (χ1) is 11.6. The number of alkyl halides is 4. The number of para-hydroxylation sites is 1. The number of aliphatic imine (C=N–C) groups is 1. The number of nitrogens with zero attached hydrogens (tertiary/aromatic N) is 1. The Labute approximate surface area is 142 Å². The van der Waals surface area contributed by atoms with Crippen molar-refractivity contribution in [3.05, 3.63) is 53.3 Å². The van der Waals surface area contributed by atoms with Gasteiger partial charge in [-0.1, -0.05) is 6.07 Å². The Morgan fingerprint density at radius 3 is 2.16 bits per heavy atom. The molecule has 0 atom stereocenters. The second kappa shape index (κ2) is 7.22. The fourth-order valence-corrected chi connectivity index (χ4v) is 1.85. The maximum Gasteiger partial charge on any atom is 0.416 e. The highest BCUT2D eigenvalue weighted by molar-refractivity contribution is 6.28. The lowest BCUT2D eigenvalue weighted by Gasteiger charge is -2.13. The Balaban J connectivity index is 2.51. The summed E-state index contributed by atoms with van der Waals surface area (Å²) in [6.07, 6.45) is -4.96. The van der Waals surface area contributed by atoms with Gasteiger partial charge in [-0.3, -0.25) is 0 Å². The molecule has 0 aliphatic rings. The minimum atomic E-state index is -4.96. The van der Waals surface area contributed by atoms with Crippen LogP contribution < -0.4 is 10.5 Å². The van der Waals surface area contributed by atoms with Gasteiger partial charge in [-0.25, -0.2) is 18.2 Å². The molecule has 0 fully saturated rings. The van der Waals surface area contributed by atoms with Crippen molar-refractivity contribution < 1.29 is 31.1 Å². The molecule has 3 nitrogen and oxygen atoms in total. The van der Waals surface area contributed by atoms with Crippen LogP contribution in [0, 0.1) is 17.5 Å². The van der Waals surface area contributed by atoms with E-state index in [-0.39, 0.29) is 29.5 Å². The number of hydrogen-bond donors (Lipinski definition) is 1. The Hall–Kier alpha value is -2.42. The molecule has 0 amide bonds. The number of nitrogens with two attached hydrogens (primary N) is 1. The van der Waals surface area contributed by atoms with E-state index in [1.54, 1.807) is 0 Å². The molecule has 2 aromatic rings. The zero-order valence-corrected chi connectivity index (χ0v) is 12.9. The molecular weight excluding hydrogens is 374 g/mol. The van der Waals surface area contributed by atoms with Gasteiger partial charge in [-0.05, 0) is 24.3 Å². The van der Waals surface area contributed by atoms with E-state index in [4.69, 9.17) is 22.1 Å².